The Hall–Kier alpha value is -2.56. The van der Waals surface area contributed by atoms with Crippen LogP contribution in [0.5, 0.6) is 5.88 Å². The van der Waals surface area contributed by atoms with Crippen molar-refractivity contribution in [3.8, 4) is 5.88 Å². The molecule has 2 rings (SSSR count). The molecule has 0 saturated heterocycles. The molecule has 0 bridgehead atoms. The lowest BCUT2D eigenvalue weighted by Crippen LogP contribution is -2.31. The molecule has 104 valence electrons. The van der Waals surface area contributed by atoms with Crippen molar-refractivity contribution >= 4 is 11.7 Å². The number of ether oxygens (including phenoxy) is 1. The summed E-state index contributed by atoms with van der Waals surface area (Å²) in [7, 11) is 1.51. The van der Waals surface area contributed by atoms with Crippen LogP contribution in [-0.2, 0) is 0 Å². The molecule has 2 amide bonds. The molecule has 5 nitrogen and oxygen atoms in total. The van der Waals surface area contributed by atoms with E-state index in [1.807, 2.05) is 37.3 Å². The van der Waals surface area contributed by atoms with E-state index in [1.54, 1.807) is 18.3 Å². The second-order valence-electron chi connectivity index (χ2n) is 4.29. The van der Waals surface area contributed by atoms with Crippen LogP contribution in [0, 0.1) is 0 Å². The maximum Gasteiger partial charge on any atom is 0.319 e. The summed E-state index contributed by atoms with van der Waals surface area (Å²) >= 11 is 0. The third-order valence-electron chi connectivity index (χ3n) is 2.86. The molecule has 0 unspecified atom stereocenters. The molecule has 20 heavy (non-hydrogen) atoms. The number of hydrogen-bond donors (Lipinski definition) is 2. The fraction of sp³-hybridized carbons (Fsp3) is 0.200. The number of nitrogens with zero attached hydrogens (tertiary/aromatic N) is 1. The van der Waals surface area contributed by atoms with Gasteiger partial charge in [-0.1, -0.05) is 30.3 Å². The molecule has 1 heterocycles. The first-order valence-corrected chi connectivity index (χ1v) is 6.32. The van der Waals surface area contributed by atoms with Gasteiger partial charge in [-0.25, -0.2) is 9.78 Å². The van der Waals surface area contributed by atoms with E-state index in [4.69, 9.17) is 4.74 Å². The summed E-state index contributed by atoms with van der Waals surface area (Å²) in [5.41, 5.74) is 1.58. The Bertz CT molecular complexity index is 572. The number of urea groups is 1. The van der Waals surface area contributed by atoms with Gasteiger partial charge in [0.25, 0.3) is 0 Å². The first kappa shape index (κ1) is 13.9. The molecule has 1 aromatic heterocycles. The van der Waals surface area contributed by atoms with Crippen LogP contribution in [0.4, 0.5) is 10.5 Å². The predicted octanol–water partition coefficient (Wildman–Crippen LogP) is 2.97. The van der Waals surface area contributed by atoms with E-state index in [-0.39, 0.29) is 12.1 Å². The monoisotopic (exact) mass is 271 g/mol. The Morgan fingerprint density at radius 3 is 2.65 bits per heavy atom. The highest BCUT2D eigenvalue weighted by Gasteiger charge is 2.11. The Balaban J connectivity index is 1.99. The van der Waals surface area contributed by atoms with Gasteiger partial charge in [-0.2, -0.15) is 0 Å². The number of carbonyl (C=O) groups is 1. The fourth-order valence-corrected chi connectivity index (χ4v) is 1.83. The van der Waals surface area contributed by atoms with Crippen LogP contribution in [0.3, 0.4) is 0 Å². The van der Waals surface area contributed by atoms with Crippen LogP contribution >= 0.6 is 0 Å². The summed E-state index contributed by atoms with van der Waals surface area (Å²) in [6.45, 7) is 1.93. The summed E-state index contributed by atoms with van der Waals surface area (Å²) in [6, 6.07) is 12.8. The summed E-state index contributed by atoms with van der Waals surface area (Å²) in [6.07, 6.45) is 1.61. The highest BCUT2D eigenvalue weighted by Crippen LogP contribution is 2.20. The zero-order chi connectivity index (χ0) is 14.4. The Morgan fingerprint density at radius 2 is 1.95 bits per heavy atom. The van der Waals surface area contributed by atoms with Gasteiger partial charge in [0.15, 0.2) is 0 Å². The molecule has 0 spiro atoms. The van der Waals surface area contributed by atoms with Crippen molar-refractivity contribution < 1.29 is 9.53 Å². The van der Waals surface area contributed by atoms with Crippen molar-refractivity contribution in [3.63, 3.8) is 0 Å². The van der Waals surface area contributed by atoms with E-state index in [1.165, 1.54) is 7.11 Å². The van der Waals surface area contributed by atoms with E-state index in [0.717, 1.165) is 5.56 Å². The zero-order valence-electron chi connectivity index (χ0n) is 11.5. The third kappa shape index (κ3) is 3.47. The first-order chi connectivity index (χ1) is 9.70. The van der Waals surface area contributed by atoms with Gasteiger partial charge >= 0.3 is 6.03 Å². The molecule has 2 aromatic rings. The second-order valence-corrected chi connectivity index (χ2v) is 4.29. The molecule has 1 atom stereocenters. The molecule has 0 aliphatic rings. The summed E-state index contributed by atoms with van der Waals surface area (Å²) in [5.74, 6) is 0.384. The van der Waals surface area contributed by atoms with Crippen LogP contribution in [-0.4, -0.2) is 18.1 Å². The minimum absolute atomic E-state index is 0.0844. The van der Waals surface area contributed by atoms with Crippen LogP contribution in [0.25, 0.3) is 0 Å². The topological polar surface area (TPSA) is 63.2 Å². The van der Waals surface area contributed by atoms with E-state index >= 15 is 0 Å². The number of carbonyl (C=O) groups excluding carboxylic acids is 1. The van der Waals surface area contributed by atoms with Crippen molar-refractivity contribution in [2.75, 3.05) is 12.4 Å². The summed E-state index contributed by atoms with van der Waals surface area (Å²) < 4.78 is 5.08. The molecule has 0 aliphatic heterocycles. The van der Waals surface area contributed by atoms with E-state index in [0.29, 0.717) is 11.6 Å². The van der Waals surface area contributed by atoms with Gasteiger partial charge < -0.3 is 15.4 Å². The van der Waals surface area contributed by atoms with Gasteiger partial charge in [-0.15, -0.1) is 0 Å². The third-order valence-corrected chi connectivity index (χ3v) is 2.86. The largest absolute Gasteiger partial charge is 0.480 e. The normalized spacial score (nSPS) is 11.5. The minimum Gasteiger partial charge on any atom is -0.480 e. The maximum absolute atomic E-state index is 12.0. The van der Waals surface area contributed by atoms with E-state index in [9.17, 15) is 4.79 Å². The number of pyridine rings is 1. The molecule has 0 radical (unpaired) electrons. The Morgan fingerprint density at radius 1 is 1.20 bits per heavy atom. The second kappa shape index (κ2) is 6.56. The lowest BCUT2D eigenvalue weighted by atomic mass is 10.1. The summed E-state index contributed by atoms with van der Waals surface area (Å²) in [4.78, 5) is 16.0. The number of nitrogens with one attached hydrogen (secondary N) is 2. The van der Waals surface area contributed by atoms with Crippen molar-refractivity contribution in [2.45, 2.75) is 13.0 Å². The zero-order valence-corrected chi connectivity index (χ0v) is 11.5. The average molecular weight is 271 g/mol. The number of rotatable bonds is 4. The van der Waals surface area contributed by atoms with Gasteiger partial charge in [0.1, 0.15) is 5.69 Å². The number of anilines is 1. The van der Waals surface area contributed by atoms with Gasteiger partial charge in [0.2, 0.25) is 5.88 Å². The molecule has 1 aromatic carbocycles. The molecule has 5 heteroatoms. The van der Waals surface area contributed by atoms with Crippen LogP contribution in [0.2, 0.25) is 0 Å². The number of hydrogen-bond acceptors (Lipinski definition) is 3. The predicted molar refractivity (Wildman–Crippen MR) is 77.8 cm³/mol. The fourth-order valence-electron chi connectivity index (χ4n) is 1.83. The molecule has 0 aliphatic carbocycles. The maximum atomic E-state index is 12.0. The first-order valence-electron chi connectivity index (χ1n) is 6.32. The Kier molecular flexibility index (Phi) is 4.55. The highest BCUT2D eigenvalue weighted by molar-refractivity contribution is 5.90. The molecule has 2 N–H and O–H groups in total. The van der Waals surface area contributed by atoms with Crippen molar-refractivity contribution in [2.24, 2.45) is 0 Å². The standard InChI is InChI=1S/C15H17N3O2/c1-11(12-7-4-3-5-8-12)17-15(19)18-13-9-6-10-16-14(13)20-2/h3-11H,1-2H3,(H2,17,18,19)/t11-/m1/s1. The van der Waals surface area contributed by atoms with Crippen molar-refractivity contribution in [1.82, 2.24) is 10.3 Å². The minimum atomic E-state index is -0.298. The van der Waals surface area contributed by atoms with E-state index < -0.39 is 0 Å². The number of methoxy groups -OCH3 is 1. The number of benzene rings is 1. The lowest BCUT2D eigenvalue weighted by molar-refractivity contribution is 0.249. The van der Waals surface area contributed by atoms with Crippen LogP contribution in [0.1, 0.15) is 18.5 Å². The summed E-state index contributed by atoms with van der Waals surface area (Å²) in [5, 5.41) is 5.59. The SMILES string of the molecule is COc1ncccc1NC(=O)N[C@H](C)c1ccccc1. The number of aromatic nitrogens is 1. The van der Waals surface area contributed by atoms with Gasteiger partial charge in [-0.3, -0.25) is 0 Å². The smallest absolute Gasteiger partial charge is 0.319 e. The van der Waals surface area contributed by atoms with Gasteiger partial charge in [0, 0.05) is 6.20 Å². The van der Waals surface area contributed by atoms with E-state index in [2.05, 4.69) is 15.6 Å². The average Bonchev–Trinajstić information content (AvgIpc) is 2.48. The lowest BCUT2D eigenvalue weighted by Gasteiger charge is -2.15. The highest BCUT2D eigenvalue weighted by atomic mass is 16.5. The molecule has 0 fully saturated rings. The Labute approximate surface area is 118 Å². The van der Waals surface area contributed by atoms with Gasteiger partial charge in [0.05, 0.1) is 13.2 Å². The molecular weight excluding hydrogens is 254 g/mol. The number of amides is 2. The quantitative estimate of drug-likeness (QED) is 0.898. The molecule has 0 saturated carbocycles. The van der Waals surface area contributed by atoms with Crippen LogP contribution in [0.15, 0.2) is 48.7 Å². The van der Waals surface area contributed by atoms with Crippen molar-refractivity contribution in [3.05, 3.63) is 54.2 Å². The molecular formula is C15H17N3O2. The van der Waals surface area contributed by atoms with Crippen LogP contribution < -0.4 is 15.4 Å². The van der Waals surface area contributed by atoms with Gasteiger partial charge in [-0.05, 0) is 24.6 Å². The van der Waals surface area contributed by atoms with Crippen molar-refractivity contribution in [1.29, 1.82) is 0 Å².